The summed E-state index contributed by atoms with van der Waals surface area (Å²) < 4.78 is 25.8. The van der Waals surface area contributed by atoms with E-state index in [9.17, 15) is 19.0 Å². The van der Waals surface area contributed by atoms with Crippen molar-refractivity contribution in [2.45, 2.75) is 45.4 Å². The fraction of sp³-hybridized carbons (Fsp3) is 0.355. The number of hydrogen-bond acceptors (Lipinski definition) is 7. The van der Waals surface area contributed by atoms with Gasteiger partial charge in [0.15, 0.2) is 0 Å². The van der Waals surface area contributed by atoms with Crippen LogP contribution in [0.1, 0.15) is 46.2 Å². The first-order chi connectivity index (χ1) is 21.0. The van der Waals surface area contributed by atoms with E-state index in [2.05, 4.69) is 20.8 Å². The Balaban J connectivity index is 1.27. The number of carbonyl (C=O) groups is 2. The van der Waals surface area contributed by atoms with Crippen LogP contribution in [0.4, 0.5) is 5.69 Å². The molecule has 0 radical (unpaired) electrons. The molecule has 44 heavy (non-hydrogen) atoms. The molecule has 3 N–H and O–H groups in total. The molecule has 3 atom stereocenters. The van der Waals surface area contributed by atoms with Gasteiger partial charge in [-0.05, 0) is 56.5 Å². The van der Waals surface area contributed by atoms with Crippen molar-refractivity contribution in [2.24, 2.45) is 12.5 Å². The molecule has 1 aliphatic carbocycles. The molecule has 1 fully saturated rings. The van der Waals surface area contributed by atoms with Crippen LogP contribution in [-0.2, 0) is 27.7 Å². The summed E-state index contributed by atoms with van der Waals surface area (Å²) in [5.74, 6) is -0.261. The van der Waals surface area contributed by atoms with Gasteiger partial charge < -0.3 is 20.3 Å². The predicted octanol–water partition coefficient (Wildman–Crippen LogP) is 4.38. The highest BCUT2D eigenvalue weighted by Crippen LogP contribution is 2.61. The third kappa shape index (κ3) is 5.80. The highest BCUT2D eigenvalue weighted by molar-refractivity contribution is 7.51. The second-order valence-electron chi connectivity index (χ2n) is 11.6. The third-order valence-electron chi connectivity index (χ3n) is 8.52. The number of rotatable bonds is 9. The van der Waals surface area contributed by atoms with Gasteiger partial charge in [-0.1, -0.05) is 30.3 Å². The van der Waals surface area contributed by atoms with Crippen LogP contribution in [0.2, 0.25) is 0 Å². The number of benzene rings is 2. The van der Waals surface area contributed by atoms with Gasteiger partial charge in [-0.3, -0.25) is 23.4 Å². The number of aryl methyl sites for hydroxylation is 2. The van der Waals surface area contributed by atoms with Crippen molar-refractivity contribution in [1.82, 2.24) is 24.9 Å². The molecule has 1 spiro atoms. The molecule has 4 aromatic rings. The van der Waals surface area contributed by atoms with Crippen molar-refractivity contribution < 1.29 is 28.3 Å². The molecule has 0 saturated heterocycles. The summed E-state index contributed by atoms with van der Waals surface area (Å²) in [7, 11) is -1.97. The lowest BCUT2D eigenvalue weighted by Gasteiger charge is -2.38. The Labute approximate surface area is 254 Å². The molecule has 2 aliphatic rings. The second-order valence-corrected chi connectivity index (χ2v) is 13.5. The summed E-state index contributed by atoms with van der Waals surface area (Å²) in [5, 5.41) is 14.6. The average Bonchev–Trinajstić information content (AvgIpc) is 3.51. The summed E-state index contributed by atoms with van der Waals surface area (Å²) in [6.07, 6.45) is 3.35. The summed E-state index contributed by atoms with van der Waals surface area (Å²) in [5.41, 5.74) is 4.84. The minimum Gasteiger partial charge on any atom is -0.493 e. The normalized spacial score (nSPS) is 18.5. The van der Waals surface area contributed by atoms with Crippen LogP contribution < -0.4 is 15.4 Å². The van der Waals surface area contributed by atoms with E-state index in [0.717, 1.165) is 53.3 Å². The van der Waals surface area contributed by atoms with Crippen LogP contribution >= 0.6 is 7.60 Å². The van der Waals surface area contributed by atoms with Crippen LogP contribution in [0.25, 0.3) is 11.1 Å². The van der Waals surface area contributed by atoms with Gasteiger partial charge in [-0.2, -0.15) is 10.2 Å². The van der Waals surface area contributed by atoms with E-state index in [1.165, 1.54) is 4.68 Å². The highest BCUT2D eigenvalue weighted by Gasteiger charge is 2.57. The van der Waals surface area contributed by atoms with E-state index in [4.69, 9.17) is 9.26 Å². The zero-order chi connectivity index (χ0) is 31.2. The first kappa shape index (κ1) is 29.8. The van der Waals surface area contributed by atoms with E-state index in [-0.39, 0.29) is 29.9 Å². The number of nitrogens with one attached hydrogen (secondary N) is 2. The SMILES string of the molecule is Cc1nn(COP(C)(=O)O)c(C)c1-c1ccc(NC(=O)[C@@H](NC(=O)c2ccnn2C)C2c3ccccc3OCC23CC3)cc1. The lowest BCUT2D eigenvalue weighted by molar-refractivity contribution is -0.119. The van der Waals surface area contributed by atoms with Crippen LogP contribution in [0.15, 0.2) is 60.8 Å². The number of nitrogens with zero attached hydrogens (tertiary/aromatic N) is 4. The number of hydrogen-bond donors (Lipinski definition) is 3. The average molecular weight is 619 g/mol. The van der Waals surface area contributed by atoms with Gasteiger partial charge in [0.05, 0.1) is 12.3 Å². The fourth-order valence-corrected chi connectivity index (χ4v) is 6.44. The van der Waals surface area contributed by atoms with Crippen LogP contribution in [0.3, 0.4) is 0 Å². The Kier molecular flexibility index (Phi) is 7.69. The Morgan fingerprint density at radius 1 is 1.16 bits per heavy atom. The van der Waals surface area contributed by atoms with E-state index in [1.54, 1.807) is 36.1 Å². The van der Waals surface area contributed by atoms with Gasteiger partial charge in [-0.25, -0.2) is 4.68 Å². The van der Waals surface area contributed by atoms with Crippen molar-refractivity contribution in [3.8, 4) is 16.9 Å². The zero-order valence-electron chi connectivity index (χ0n) is 25.0. The lowest BCUT2D eigenvalue weighted by atomic mass is 9.76. The second kappa shape index (κ2) is 11.4. The number of amides is 2. The van der Waals surface area contributed by atoms with Gasteiger partial charge >= 0.3 is 7.60 Å². The molecule has 3 heterocycles. The molecule has 12 nitrogen and oxygen atoms in total. The highest BCUT2D eigenvalue weighted by atomic mass is 31.2. The van der Waals surface area contributed by atoms with Gasteiger partial charge in [0.25, 0.3) is 5.91 Å². The van der Waals surface area contributed by atoms with Gasteiger partial charge in [-0.15, -0.1) is 0 Å². The zero-order valence-corrected chi connectivity index (χ0v) is 25.9. The monoisotopic (exact) mass is 618 g/mol. The summed E-state index contributed by atoms with van der Waals surface area (Å²) in [6, 6.07) is 15.8. The number of aromatic nitrogens is 4. The van der Waals surface area contributed by atoms with Crippen molar-refractivity contribution in [1.29, 1.82) is 0 Å². The Morgan fingerprint density at radius 2 is 1.89 bits per heavy atom. The summed E-state index contributed by atoms with van der Waals surface area (Å²) in [6.45, 7) is 5.19. The van der Waals surface area contributed by atoms with Crippen LogP contribution in [0.5, 0.6) is 5.75 Å². The molecule has 2 aromatic carbocycles. The first-order valence-electron chi connectivity index (χ1n) is 14.4. The number of ether oxygens (including phenoxy) is 1. The van der Waals surface area contributed by atoms with Crippen LogP contribution in [-0.4, -0.2) is 55.6 Å². The quantitative estimate of drug-likeness (QED) is 0.234. The molecule has 1 aliphatic heterocycles. The molecule has 13 heteroatoms. The number of para-hydroxylation sites is 1. The molecule has 230 valence electrons. The van der Waals surface area contributed by atoms with E-state index in [1.807, 2.05) is 50.2 Å². The molecule has 0 bridgehead atoms. The molecule has 1 saturated carbocycles. The lowest BCUT2D eigenvalue weighted by Crippen LogP contribution is -2.52. The molecule has 2 unspecified atom stereocenters. The number of carbonyl (C=O) groups excluding carboxylic acids is 2. The molecule has 2 aromatic heterocycles. The largest absolute Gasteiger partial charge is 0.493 e. The molecular formula is C31H35N6O6P. The Morgan fingerprint density at radius 3 is 2.55 bits per heavy atom. The Bertz CT molecular complexity index is 1770. The summed E-state index contributed by atoms with van der Waals surface area (Å²) in [4.78, 5) is 37.0. The fourth-order valence-electron chi connectivity index (χ4n) is 6.11. The molecule has 2 amide bonds. The third-order valence-corrected chi connectivity index (χ3v) is 9.11. The maximum absolute atomic E-state index is 14.1. The van der Waals surface area contributed by atoms with Crippen molar-refractivity contribution in [3.63, 3.8) is 0 Å². The van der Waals surface area contributed by atoms with E-state index >= 15 is 0 Å². The molecule has 6 rings (SSSR count). The summed E-state index contributed by atoms with van der Waals surface area (Å²) >= 11 is 0. The topological polar surface area (TPSA) is 150 Å². The van der Waals surface area contributed by atoms with Crippen LogP contribution in [0, 0.1) is 19.3 Å². The van der Waals surface area contributed by atoms with E-state index in [0.29, 0.717) is 18.0 Å². The maximum atomic E-state index is 14.1. The van der Waals surface area contributed by atoms with Gasteiger partial charge in [0.2, 0.25) is 5.91 Å². The molecular weight excluding hydrogens is 583 g/mol. The standard InChI is InChI=1S/C31H35N6O6P/c1-19-26(20(2)37(35-19)18-43-44(4,40)41)21-9-11-22(12-10-21)33-30(39)28(34-29(38)24-13-16-32-36(24)3)27-23-7-5-6-8-25(23)42-17-31(27)14-15-31/h5-13,16,27-28H,14-15,17-18H2,1-4H3,(H,33,39)(H,34,38)(H,40,41)/t27?,28-/m0/s1. The van der Waals surface area contributed by atoms with Gasteiger partial charge in [0, 0.05) is 53.8 Å². The van der Waals surface area contributed by atoms with Crippen molar-refractivity contribution in [2.75, 3.05) is 18.6 Å². The number of fused-ring (bicyclic) bond motifs is 1. The van der Waals surface area contributed by atoms with Gasteiger partial charge in [0.1, 0.15) is 24.2 Å². The maximum Gasteiger partial charge on any atom is 0.326 e. The van der Waals surface area contributed by atoms with Crippen molar-refractivity contribution >= 4 is 25.1 Å². The minimum absolute atomic E-state index is 0.145. The minimum atomic E-state index is -3.65. The predicted molar refractivity (Wildman–Crippen MR) is 163 cm³/mol. The smallest absolute Gasteiger partial charge is 0.326 e. The number of anilines is 1. The van der Waals surface area contributed by atoms with Crippen molar-refractivity contribution in [3.05, 3.63) is 83.4 Å². The first-order valence-corrected chi connectivity index (χ1v) is 16.4. The van der Waals surface area contributed by atoms with E-state index < -0.39 is 13.6 Å². The Hall–Kier alpha value is -4.25.